The fourth-order valence-electron chi connectivity index (χ4n) is 15.6. The van der Waals surface area contributed by atoms with Gasteiger partial charge in [0, 0.05) is 59.0 Å². The van der Waals surface area contributed by atoms with E-state index in [4.69, 9.17) is 9.47 Å². The van der Waals surface area contributed by atoms with Crippen LogP contribution in [-0.4, -0.2) is 73.7 Å². The van der Waals surface area contributed by atoms with Crippen LogP contribution in [0.5, 0.6) is 11.5 Å². The first-order valence-electron chi connectivity index (χ1n) is 27.5. The lowest BCUT2D eigenvalue weighted by atomic mass is 9.48. The van der Waals surface area contributed by atoms with Gasteiger partial charge in [-0.3, -0.25) is 9.59 Å². The number of ketones is 1. The minimum Gasteiger partial charge on any atom is -0.507 e. The van der Waals surface area contributed by atoms with Gasteiger partial charge in [-0.2, -0.15) is 0 Å². The minimum atomic E-state index is -1.59. The fourth-order valence-corrected chi connectivity index (χ4v) is 15.6. The van der Waals surface area contributed by atoms with Crippen molar-refractivity contribution in [3.05, 3.63) is 99.1 Å². The number of nitrogens with one attached hydrogen (secondary N) is 1. The Balaban J connectivity index is 1.17. The molecule has 382 valence electrons. The van der Waals surface area contributed by atoms with Crippen LogP contribution >= 0.6 is 0 Å². The Morgan fingerprint density at radius 1 is 0.847 bits per heavy atom. The Bertz CT molecular complexity index is 2680. The van der Waals surface area contributed by atoms with Gasteiger partial charge in [0.25, 0.3) is 0 Å². The van der Waals surface area contributed by atoms with E-state index in [2.05, 4.69) is 35.4 Å². The van der Waals surface area contributed by atoms with Gasteiger partial charge in [0.15, 0.2) is 0 Å². The number of aromatic hydroxyl groups is 1. The normalized spacial score (nSPS) is 33.4. The molecule has 11 nitrogen and oxygen atoms in total. The number of ether oxygens (including phenoxy) is 2. The van der Waals surface area contributed by atoms with Crippen LogP contribution in [0.4, 0.5) is 5.69 Å². The number of aliphatic hydroxyl groups excluding tert-OH is 3. The third-order valence-corrected chi connectivity index (χ3v) is 19.1. The maximum absolute atomic E-state index is 15.9. The second kappa shape index (κ2) is 20.0. The van der Waals surface area contributed by atoms with Crippen molar-refractivity contribution in [2.75, 3.05) is 11.9 Å². The molecule has 0 saturated heterocycles. The Morgan fingerprint density at radius 2 is 1.62 bits per heavy atom. The van der Waals surface area contributed by atoms with Gasteiger partial charge < -0.3 is 40.3 Å². The molecule has 3 aromatic rings. The maximum atomic E-state index is 15.9. The third-order valence-electron chi connectivity index (χ3n) is 19.1. The van der Waals surface area contributed by atoms with Crippen LogP contribution in [0.25, 0.3) is 0 Å². The van der Waals surface area contributed by atoms with E-state index < -0.39 is 53.1 Å². The zero-order chi connectivity index (χ0) is 49.9. The summed E-state index contributed by atoms with van der Waals surface area (Å²) in [5, 5.41) is 64.3. The van der Waals surface area contributed by atoms with Crippen molar-refractivity contribution in [2.45, 2.75) is 189 Å². The Hall–Kier alpha value is -4.99. The monoisotopic (exact) mass is 980 g/mol. The molecule has 1 spiro atoms. The number of phenols is 1. The van der Waals surface area contributed by atoms with Crippen molar-refractivity contribution < 1.29 is 49.4 Å². The molecule has 5 saturated carbocycles. The first kappa shape index (κ1) is 49.2. The predicted octanol–water partition coefficient (Wildman–Crippen LogP) is 9.27. The molecule has 6 N–H and O–H groups in total. The van der Waals surface area contributed by atoms with Gasteiger partial charge in [0.1, 0.15) is 29.0 Å². The molecule has 5 fully saturated rings. The molecule has 0 aromatic heterocycles. The quantitative estimate of drug-likeness (QED) is 0.0787. The topological polar surface area (TPSA) is 183 Å². The highest BCUT2D eigenvalue weighted by Crippen LogP contribution is 2.60. The lowest BCUT2D eigenvalue weighted by molar-refractivity contribution is -0.228. The van der Waals surface area contributed by atoms with Crippen LogP contribution in [0.1, 0.15) is 179 Å². The molecule has 0 unspecified atom stereocenters. The zero-order valence-corrected chi connectivity index (χ0v) is 41.9. The van der Waals surface area contributed by atoms with Crippen LogP contribution in [0.15, 0.2) is 60.2 Å². The second-order valence-corrected chi connectivity index (χ2v) is 23.3. The number of carbonyl (C=O) groups excluding carboxylic acids is 3. The van der Waals surface area contributed by atoms with Gasteiger partial charge in [-0.05, 0) is 146 Å². The lowest BCUT2D eigenvalue weighted by Gasteiger charge is -2.59. The zero-order valence-electron chi connectivity index (χ0n) is 41.9. The molecule has 3 aliphatic heterocycles. The summed E-state index contributed by atoms with van der Waals surface area (Å²) in [6.45, 7) is 1.66. The standard InChI is InChI=1S/C61H73NO10/c1-35(64)33-62-46-24-37(34-63)22-42(27-46)39-16-17-40-32-55(67)72-58-47(40)29-43(57(68)56(58)38-11-3-2-4-12-38)31-54-61(70)50-15-6-5-13-41(50)28-48-49(52(65)19-18-51(48)61)25-36-10-9-14-45(23-36)60(20-7-8-21-60)53(66)30-44(26-39)59(69)71-54/h9-10,14,22-24,27,29-30,35,38-41,48-51,53-54,62-64,66,68,70H,2-8,11-13,15,18-21,25-26,28,31-34H2,1H3/b44-30-/t35-,39+,40-,41+,48+,49-,50-,51+,53-,54+,61-/m0/s1. The highest BCUT2D eigenvalue weighted by molar-refractivity contribution is 5.89. The lowest BCUT2D eigenvalue weighted by Crippen LogP contribution is -2.65. The molecule has 11 rings (SSSR count). The van der Waals surface area contributed by atoms with Gasteiger partial charge in [0.05, 0.1) is 31.2 Å². The second-order valence-electron chi connectivity index (χ2n) is 23.3. The molecule has 8 aliphatic rings. The van der Waals surface area contributed by atoms with E-state index in [9.17, 15) is 35.1 Å². The molecular formula is C61H73NO10. The van der Waals surface area contributed by atoms with Gasteiger partial charge in [0.2, 0.25) is 0 Å². The number of esters is 2. The summed E-state index contributed by atoms with van der Waals surface area (Å²) in [6.07, 6.45) is 12.1. The molecule has 11 atom stereocenters. The smallest absolute Gasteiger partial charge is 0.334 e. The average Bonchev–Trinajstić information content (AvgIpc) is 3.89. The SMILES string of the molecule is C[C@H](O)CNc1cc(CO)cc([C@@H]2C#C[C@H]3CC(=O)Oc4c3cc(c(O)c4C3CCCCC3)C[C@H]3OC(=O)/C(=C\[C@H](O)C4(CCCC4)c4cccc(c4)C[C@@H]4C(=O)CC[C@@H]5[C@@H]4C[C@H]4CCCC[C@@H]4[C@]53O)C2)c1. The summed E-state index contributed by atoms with van der Waals surface area (Å²) in [5.74, 6) is 4.00. The summed E-state index contributed by atoms with van der Waals surface area (Å²) in [5.41, 5.74) is 3.59. The Labute approximate surface area is 424 Å². The number of rotatable bonds is 6. The number of hydrogen-bond donors (Lipinski definition) is 6. The van der Waals surface area contributed by atoms with E-state index in [1.807, 2.05) is 30.3 Å². The molecule has 10 bridgehead atoms. The number of fused-ring (bicyclic) bond motifs is 10. The van der Waals surface area contributed by atoms with Crippen molar-refractivity contribution in [1.29, 1.82) is 0 Å². The average molecular weight is 980 g/mol. The van der Waals surface area contributed by atoms with E-state index in [-0.39, 0.29) is 85.0 Å². The summed E-state index contributed by atoms with van der Waals surface area (Å²) in [7, 11) is 0. The van der Waals surface area contributed by atoms with Crippen molar-refractivity contribution >= 4 is 23.4 Å². The summed E-state index contributed by atoms with van der Waals surface area (Å²) >= 11 is 0. The van der Waals surface area contributed by atoms with Gasteiger partial charge >= 0.3 is 11.9 Å². The number of aliphatic hydroxyl groups is 4. The summed E-state index contributed by atoms with van der Waals surface area (Å²) in [4.78, 5) is 44.2. The fraction of sp³-hybridized carbons (Fsp3) is 0.590. The summed E-state index contributed by atoms with van der Waals surface area (Å²) in [6, 6.07) is 15.9. The third kappa shape index (κ3) is 9.00. The van der Waals surface area contributed by atoms with Crippen molar-refractivity contribution in [2.24, 2.45) is 29.6 Å². The van der Waals surface area contributed by atoms with Gasteiger partial charge in [-0.25, -0.2) is 4.79 Å². The van der Waals surface area contributed by atoms with Crippen molar-refractivity contribution in [3.8, 4) is 23.3 Å². The van der Waals surface area contributed by atoms with Crippen LogP contribution in [0.3, 0.4) is 0 Å². The Morgan fingerprint density at radius 3 is 2.42 bits per heavy atom. The van der Waals surface area contributed by atoms with Crippen LogP contribution in [0, 0.1) is 41.4 Å². The van der Waals surface area contributed by atoms with E-state index >= 15 is 4.79 Å². The number of hydrogen-bond acceptors (Lipinski definition) is 11. The first-order valence-corrected chi connectivity index (χ1v) is 27.5. The predicted molar refractivity (Wildman–Crippen MR) is 272 cm³/mol. The largest absolute Gasteiger partial charge is 0.507 e. The molecule has 72 heavy (non-hydrogen) atoms. The molecule has 3 aromatic carbocycles. The van der Waals surface area contributed by atoms with E-state index in [1.165, 1.54) is 0 Å². The number of anilines is 1. The number of carbonyl (C=O) groups is 3. The summed E-state index contributed by atoms with van der Waals surface area (Å²) < 4.78 is 13.3. The number of phenolic OH excluding ortho intramolecular Hbond substituents is 1. The van der Waals surface area contributed by atoms with Crippen LogP contribution in [-0.2, 0) is 44.0 Å². The molecule has 0 amide bonds. The highest BCUT2D eigenvalue weighted by Gasteiger charge is 2.62. The highest BCUT2D eigenvalue weighted by atomic mass is 16.6. The number of benzene rings is 3. The van der Waals surface area contributed by atoms with Crippen molar-refractivity contribution in [3.63, 3.8) is 0 Å². The van der Waals surface area contributed by atoms with Gasteiger partial charge in [-0.15, -0.1) is 0 Å². The van der Waals surface area contributed by atoms with E-state index in [0.29, 0.717) is 71.4 Å². The molecule has 0 radical (unpaired) electrons. The van der Waals surface area contributed by atoms with Crippen LogP contribution in [0.2, 0.25) is 0 Å². The van der Waals surface area contributed by atoms with Crippen LogP contribution < -0.4 is 10.1 Å². The van der Waals surface area contributed by atoms with Gasteiger partial charge in [-0.1, -0.05) is 93.5 Å². The maximum Gasteiger partial charge on any atom is 0.334 e. The molecular weight excluding hydrogens is 907 g/mol. The van der Waals surface area contributed by atoms with Crippen molar-refractivity contribution in [1.82, 2.24) is 0 Å². The van der Waals surface area contributed by atoms with E-state index in [0.717, 1.165) is 88.2 Å². The Kier molecular flexibility index (Phi) is 13.7. The minimum absolute atomic E-state index is 0.00119. The molecule has 5 aliphatic carbocycles. The molecule has 3 heterocycles. The number of Topliss-reactive ketones (excluding diaryl/α,β-unsaturated/α-hetero) is 1. The molecule has 11 heteroatoms. The van der Waals surface area contributed by atoms with E-state index in [1.54, 1.807) is 13.0 Å². The first-order chi connectivity index (χ1) is 34.8.